The number of nitrogens with zero attached hydrogens (tertiary/aromatic N) is 1. The highest BCUT2D eigenvalue weighted by molar-refractivity contribution is 9.09. The summed E-state index contributed by atoms with van der Waals surface area (Å²) in [5.41, 5.74) is 0. The Morgan fingerprint density at radius 1 is 1.20 bits per heavy atom. The number of unbranched alkanes of at least 4 members (excludes halogenated alkanes) is 1. The van der Waals surface area contributed by atoms with Crippen LogP contribution in [0.2, 0.25) is 0 Å². The molecule has 15 heavy (non-hydrogen) atoms. The largest absolute Gasteiger partial charge is 0.395 e. The van der Waals surface area contributed by atoms with Crippen molar-refractivity contribution in [3.63, 3.8) is 0 Å². The first-order valence-corrected chi connectivity index (χ1v) is 7.29. The Morgan fingerprint density at radius 3 is 2.40 bits per heavy atom. The molecule has 0 bridgehead atoms. The van der Waals surface area contributed by atoms with Crippen molar-refractivity contribution < 1.29 is 5.11 Å². The maximum atomic E-state index is 9.00. The molecule has 0 aliphatic rings. The van der Waals surface area contributed by atoms with Crippen LogP contribution in [0.4, 0.5) is 0 Å². The van der Waals surface area contributed by atoms with Crippen LogP contribution in [-0.2, 0) is 0 Å². The quantitative estimate of drug-likeness (QED) is 0.622. The van der Waals surface area contributed by atoms with E-state index in [0.717, 1.165) is 30.9 Å². The highest BCUT2D eigenvalue weighted by atomic mass is 79.9. The van der Waals surface area contributed by atoms with Gasteiger partial charge in [-0.05, 0) is 25.3 Å². The minimum Gasteiger partial charge on any atom is -0.395 e. The molecule has 0 aromatic rings. The Kier molecular flexibility index (Phi) is 11.2. The van der Waals surface area contributed by atoms with Crippen LogP contribution in [0.15, 0.2) is 0 Å². The molecule has 0 aromatic heterocycles. The van der Waals surface area contributed by atoms with Crippen molar-refractivity contribution in [2.24, 2.45) is 5.92 Å². The number of rotatable bonds is 10. The van der Waals surface area contributed by atoms with Gasteiger partial charge in [-0.3, -0.25) is 0 Å². The highest BCUT2D eigenvalue weighted by Crippen LogP contribution is 2.12. The number of aliphatic hydroxyl groups is 1. The molecule has 1 unspecified atom stereocenters. The van der Waals surface area contributed by atoms with E-state index in [9.17, 15) is 0 Å². The van der Waals surface area contributed by atoms with Crippen molar-refractivity contribution in [1.29, 1.82) is 0 Å². The van der Waals surface area contributed by atoms with Gasteiger partial charge >= 0.3 is 0 Å². The van der Waals surface area contributed by atoms with Crippen LogP contribution in [0.5, 0.6) is 0 Å². The summed E-state index contributed by atoms with van der Waals surface area (Å²) in [7, 11) is 0. The van der Waals surface area contributed by atoms with E-state index in [4.69, 9.17) is 5.11 Å². The second-order valence-electron chi connectivity index (χ2n) is 4.19. The maximum Gasteiger partial charge on any atom is 0.0558 e. The molecule has 0 fully saturated rings. The number of hydrogen-bond acceptors (Lipinski definition) is 2. The Hall–Kier alpha value is 0.400. The van der Waals surface area contributed by atoms with E-state index >= 15 is 0 Å². The van der Waals surface area contributed by atoms with Crippen LogP contribution >= 0.6 is 15.9 Å². The molecule has 0 heterocycles. The standard InChI is InChI=1S/C12H26BrNO/c1-3-5-7-14(8-9-15)11-12(10-13)6-4-2/h12,15H,3-11H2,1-2H3. The molecule has 3 heteroatoms. The van der Waals surface area contributed by atoms with Crippen molar-refractivity contribution in [3.8, 4) is 0 Å². The van der Waals surface area contributed by atoms with E-state index in [1.54, 1.807) is 0 Å². The van der Waals surface area contributed by atoms with Gasteiger partial charge in [-0.2, -0.15) is 0 Å². The van der Waals surface area contributed by atoms with E-state index in [1.165, 1.54) is 25.7 Å². The summed E-state index contributed by atoms with van der Waals surface area (Å²) in [6, 6.07) is 0. The maximum absolute atomic E-state index is 9.00. The fourth-order valence-electron chi connectivity index (χ4n) is 1.81. The average molecular weight is 280 g/mol. The number of hydrogen-bond donors (Lipinski definition) is 1. The summed E-state index contributed by atoms with van der Waals surface area (Å²) in [6.07, 6.45) is 4.99. The normalized spacial score (nSPS) is 13.4. The molecule has 92 valence electrons. The Balaban J connectivity index is 3.87. The van der Waals surface area contributed by atoms with Gasteiger partial charge in [0, 0.05) is 18.4 Å². The van der Waals surface area contributed by atoms with Crippen molar-refractivity contribution >= 4 is 15.9 Å². The van der Waals surface area contributed by atoms with Crippen LogP contribution in [0, 0.1) is 5.92 Å². The van der Waals surface area contributed by atoms with E-state index in [1.807, 2.05) is 0 Å². The SMILES string of the molecule is CCCCN(CCO)CC(CBr)CCC. The first-order valence-electron chi connectivity index (χ1n) is 6.17. The number of aliphatic hydroxyl groups excluding tert-OH is 1. The van der Waals surface area contributed by atoms with E-state index in [-0.39, 0.29) is 6.61 Å². The van der Waals surface area contributed by atoms with Gasteiger partial charge < -0.3 is 10.0 Å². The molecule has 0 amide bonds. The van der Waals surface area contributed by atoms with Gasteiger partial charge in [-0.1, -0.05) is 42.6 Å². The highest BCUT2D eigenvalue weighted by Gasteiger charge is 2.11. The van der Waals surface area contributed by atoms with Gasteiger partial charge in [0.25, 0.3) is 0 Å². The summed E-state index contributed by atoms with van der Waals surface area (Å²) in [5, 5.41) is 10.1. The van der Waals surface area contributed by atoms with E-state index in [0.29, 0.717) is 0 Å². The zero-order chi connectivity index (χ0) is 11.5. The molecule has 2 nitrogen and oxygen atoms in total. The molecule has 1 atom stereocenters. The van der Waals surface area contributed by atoms with Crippen molar-refractivity contribution in [1.82, 2.24) is 4.90 Å². The molecular formula is C12H26BrNO. The topological polar surface area (TPSA) is 23.5 Å². The van der Waals surface area contributed by atoms with Crippen LogP contribution in [0.1, 0.15) is 39.5 Å². The van der Waals surface area contributed by atoms with E-state index in [2.05, 4.69) is 34.7 Å². The molecule has 0 aliphatic heterocycles. The lowest BCUT2D eigenvalue weighted by atomic mass is 10.1. The minimum atomic E-state index is 0.283. The number of alkyl halides is 1. The van der Waals surface area contributed by atoms with Gasteiger partial charge in [0.1, 0.15) is 0 Å². The molecule has 0 aliphatic carbocycles. The molecule has 0 spiro atoms. The van der Waals surface area contributed by atoms with Crippen LogP contribution in [-0.4, -0.2) is 41.6 Å². The third-order valence-electron chi connectivity index (χ3n) is 2.68. The van der Waals surface area contributed by atoms with Crippen molar-refractivity contribution in [3.05, 3.63) is 0 Å². The Labute approximate surface area is 103 Å². The summed E-state index contributed by atoms with van der Waals surface area (Å²) < 4.78 is 0. The average Bonchev–Trinajstić information content (AvgIpc) is 2.25. The Morgan fingerprint density at radius 2 is 1.93 bits per heavy atom. The molecule has 0 rings (SSSR count). The van der Waals surface area contributed by atoms with Gasteiger partial charge in [-0.25, -0.2) is 0 Å². The number of halogens is 1. The molecule has 0 saturated carbocycles. The predicted octanol–water partition coefficient (Wildman–Crippen LogP) is 2.89. The first-order chi connectivity index (χ1) is 7.28. The summed E-state index contributed by atoms with van der Waals surface area (Å²) in [6.45, 7) is 7.81. The van der Waals surface area contributed by atoms with Gasteiger partial charge in [-0.15, -0.1) is 0 Å². The van der Waals surface area contributed by atoms with Crippen molar-refractivity contribution in [2.75, 3.05) is 31.6 Å². The second kappa shape index (κ2) is 10.9. The minimum absolute atomic E-state index is 0.283. The Bertz CT molecular complexity index is 133. The summed E-state index contributed by atoms with van der Waals surface area (Å²) >= 11 is 3.58. The van der Waals surface area contributed by atoms with Gasteiger partial charge in [0.05, 0.1) is 6.61 Å². The first kappa shape index (κ1) is 15.4. The van der Waals surface area contributed by atoms with Crippen LogP contribution in [0.25, 0.3) is 0 Å². The van der Waals surface area contributed by atoms with Crippen LogP contribution < -0.4 is 0 Å². The zero-order valence-corrected chi connectivity index (χ0v) is 11.8. The lowest BCUT2D eigenvalue weighted by molar-refractivity contribution is 0.175. The zero-order valence-electron chi connectivity index (χ0n) is 10.2. The summed E-state index contributed by atoms with van der Waals surface area (Å²) in [5.74, 6) is 0.735. The molecule has 1 N–H and O–H groups in total. The fraction of sp³-hybridized carbons (Fsp3) is 1.00. The second-order valence-corrected chi connectivity index (χ2v) is 4.83. The predicted molar refractivity (Wildman–Crippen MR) is 70.6 cm³/mol. The lowest BCUT2D eigenvalue weighted by Crippen LogP contribution is -2.33. The molecule has 0 radical (unpaired) electrons. The molecular weight excluding hydrogens is 254 g/mol. The third-order valence-corrected chi connectivity index (χ3v) is 3.59. The third kappa shape index (κ3) is 8.23. The summed E-state index contributed by atoms with van der Waals surface area (Å²) in [4.78, 5) is 2.39. The van der Waals surface area contributed by atoms with Gasteiger partial charge in [0.15, 0.2) is 0 Å². The van der Waals surface area contributed by atoms with Gasteiger partial charge in [0.2, 0.25) is 0 Å². The monoisotopic (exact) mass is 279 g/mol. The van der Waals surface area contributed by atoms with E-state index < -0.39 is 0 Å². The molecule has 0 saturated heterocycles. The van der Waals surface area contributed by atoms with Crippen LogP contribution in [0.3, 0.4) is 0 Å². The lowest BCUT2D eigenvalue weighted by Gasteiger charge is -2.25. The fourth-order valence-corrected chi connectivity index (χ4v) is 2.34. The van der Waals surface area contributed by atoms with Crippen molar-refractivity contribution in [2.45, 2.75) is 39.5 Å². The molecule has 0 aromatic carbocycles. The smallest absolute Gasteiger partial charge is 0.0558 e.